The molecular weight excluding hydrogens is 227 g/mol. The van der Waals surface area contributed by atoms with E-state index in [0.29, 0.717) is 0 Å². The lowest BCUT2D eigenvalue weighted by Crippen LogP contribution is -2.28. The third kappa shape index (κ3) is 2.92. The second-order valence-corrected chi connectivity index (χ2v) is 4.54. The highest BCUT2D eigenvalue weighted by Gasteiger charge is 2.13. The minimum Gasteiger partial charge on any atom is -0.347 e. The number of thiazole rings is 1. The highest BCUT2D eigenvalue weighted by molar-refractivity contribution is 7.11. The summed E-state index contributed by atoms with van der Waals surface area (Å²) in [4.78, 5) is 16.0. The van der Waals surface area contributed by atoms with Crippen molar-refractivity contribution in [1.29, 1.82) is 0 Å². The summed E-state index contributed by atoms with van der Waals surface area (Å²) in [5, 5.41) is 3.28. The number of hydrogen-bond donors (Lipinski definition) is 1. The van der Waals surface area contributed by atoms with Crippen LogP contribution in [0.1, 0.15) is 15.6 Å². The summed E-state index contributed by atoms with van der Waals surface area (Å²) in [7, 11) is 0. The molecule has 0 aliphatic heterocycles. The van der Waals surface area contributed by atoms with E-state index in [4.69, 9.17) is 11.6 Å². The Morgan fingerprint density at radius 3 is 2.79 bits per heavy atom. The summed E-state index contributed by atoms with van der Waals surface area (Å²) in [5.74, 6) is -0.822. The minimum atomic E-state index is -1.99. The van der Waals surface area contributed by atoms with Crippen LogP contribution in [0.2, 0.25) is 0 Å². The molecule has 0 spiro atoms. The number of carbonyl (C=O) groups is 1. The molecule has 0 aliphatic carbocycles. The van der Waals surface area contributed by atoms with Gasteiger partial charge in [-0.05, 0) is 13.8 Å². The Balaban J connectivity index is 2.54. The van der Waals surface area contributed by atoms with Crippen LogP contribution in [0.5, 0.6) is 0 Å². The van der Waals surface area contributed by atoms with Gasteiger partial charge in [-0.2, -0.15) is 0 Å². The van der Waals surface area contributed by atoms with Crippen LogP contribution >= 0.6 is 22.9 Å². The van der Waals surface area contributed by atoms with Gasteiger partial charge in [0.15, 0.2) is 0 Å². The number of rotatable bonds is 3. The van der Waals surface area contributed by atoms with Crippen LogP contribution in [-0.2, 0) is 11.3 Å². The van der Waals surface area contributed by atoms with E-state index in [0.717, 1.165) is 15.6 Å². The monoisotopic (exact) mass is 236 g/mol. The van der Waals surface area contributed by atoms with E-state index >= 15 is 0 Å². The summed E-state index contributed by atoms with van der Waals surface area (Å²) in [6.07, 6.45) is 0. The average Bonchev–Trinajstić information content (AvgIpc) is 2.40. The summed E-state index contributed by atoms with van der Waals surface area (Å²) in [6, 6.07) is 0. The Bertz CT molecular complexity index is 340. The fraction of sp³-hybridized carbons (Fsp3) is 0.500. The summed E-state index contributed by atoms with van der Waals surface area (Å²) < 4.78 is 12.2. The molecule has 0 fully saturated rings. The molecule has 14 heavy (non-hydrogen) atoms. The fourth-order valence-electron chi connectivity index (χ4n) is 0.984. The van der Waals surface area contributed by atoms with Gasteiger partial charge in [-0.3, -0.25) is 4.79 Å². The van der Waals surface area contributed by atoms with Crippen molar-refractivity contribution in [2.24, 2.45) is 0 Å². The van der Waals surface area contributed by atoms with Crippen LogP contribution in [0.4, 0.5) is 4.39 Å². The maximum Gasteiger partial charge on any atom is 0.270 e. The highest BCUT2D eigenvalue weighted by Crippen LogP contribution is 2.16. The van der Waals surface area contributed by atoms with Crippen LogP contribution in [0.25, 0.3) is 0 Å². The lowest BCUT2D eigenvalue weighted by Gasteiger charge is -2.02. The molecular formula is C8H10ClFN2OS. The van der Waals surface area contributed by atoms with Crippen molar-refractivity contribution in [3.8, 4) is 0 Å². The van der Waals surface area contributed by atoms with E-state index in [1.807, 2.05) is 13.8 Å². The SMILES string of the molecule is Cc1nc(CNC(=O)C(F)Cl)c(C)s1. The van der Waals surface area contributed by atoms with Crippen LogP contribution in [0.15, 0.2) is 0 Å². The van der Waals surface area contributed by atoms with Gasteiger partial charge in [-0.1, -0.05) is 11.6 Å². The molecule has 1 atom stereocenters. The normalized spacial score (nSPS) is 12.6. The van der Waals surface area contributed by atoms with Crippen molar-refractivity contribution in [2.45, 2.75) is 26.0 Å². The van der Waals surface area contributed by atoms with E-state index in [9.17, 15) is 9.18 Å². The van der Waals surface area contributed by atoms with E-state index in [1.54, 1.807) is 11.3 Å². The number of alkyl halides is 2. The number of nitrogens with one attached hydrogen (secondary N) is 1. The van der Waals surface area contributed by atoms with Gasteiger partial charge in [0, 0.05) is 4.88 Å². The van der Waals surface area contributed by atoms with Gasteiger partial charge in [0.05, 0.1) is 17.2 Å². The lowest BCUT2D eigenvalue weighted by atomic mass is 10.4. The zero-order valence-corrected chi connectivity index (χ0v) is 9.38. The van der Waals surface area contributed by atoms with Gasteiger partial charge < -0.3 is 5.32 Å². The van der Waals surface area contributed by atoms with Gasteiger partial charge in [0.1, 0.15) is 0 Å². The van der Waals surface area contributed by atoms with Gasteiger partial charge in [-0.25, -0.2) is 9.37 Å². The number of amides is 1. The summed E-state index contributed by atoms with van der Waals surface area (Å²) in [5.41, 5.74) is -1.23. The largest absolute Gasteiger partial charge is 0.347 e. The first-order valence-corrected chi connectivity index (χ1v) is 5.24. The first kappa shape index (κ1) is 11.4. The van der Waals surface area contributed by atoms with Crippen LogP contribution < -0.4 is 5.32 Å². The Morgan fingerprint density at radius 2 is 2.36 bits per heavy atom. The van der Waals surface area contributed by atoms with E-state index in [2.05, 4.69) is 10.3 Å². The van der Waals surface area contributed by atoms with Crippen molar-refractivity contribution >= 4 is 28.8 Å². The average molecular weight is 237 g/mol. The zero-order valence-electron chi connectivity index (χ0n) is 7.80. The van der Waals surface area contributed by atoms with Crippen LogP contribution in [0.3, 0.4) is 0 Å². The molecule has 1 amide bonds. The van der Waals surface area contributed by atoms with Gasteiger partial charge in [0.25, 0.3) is 11.5 Å². The van der Waals surface area contributed by atoms with Gasteiger partial charge in [-0.15, -0.1) is 11.3 Å². The topological polar surface area (TPSA) is 42.0 Å². The molecule has 6 heteroatoms. The van der Waals surface area contributed by atoms with E-state index in [1.165, 1.54) is 0 Å². The fourth-order valence-corrected chi connectivity index (χ4v) is 1.90. The van der Waals surface area contributed by atoms with E-state index in [-0.39, 0.29) is 6.54 Å². The Kier molecular flexibility index (Phi) is 3.83. The number of carbonyl (C=O) groups excluding carboxylic acids is 1. The Morgan fingerprint density at radius 1 is 1.71 bits per heavy atom. The van der Waals surface area contributed by atoms with E-state index < -0.39 is 11.5 Å². The number of hydrogen-bond acceptors (Lipinski definition) is 3. The molecule has 1 aromatic rings. The molecule has 3 nitrogen and oxygen atoms in total. The first-order valence-electron chi connectivity index (χ1n) is 3.99. The predicted molar refractivity (Wildman–Crippen MR) is 54.2 cm³/mol. The molecule has 0 radical (unpaired) electrons. The number of halogens is 2. The van der Waals surface area contributed by atoms with Crippen molar-refractivity contribution < 1.29 is 9.18 Å². The van der Waals surface area contributed by atoms with Crippen molar-refractivity contribution in [3.05, 3.63) is 15.6 Å². The van der Waals surface area contributed by atoms with Crippen molar-refractivity contribution in [2.75, 3.05) is 0 Å². The molecule has 0 saturated heterocycles. The lowest BCUT2D eigenvalue weighted by molar-refractivity contribution is -0.123. The maximum atomic E-state index is 12.2. The quantitative estimate of drug-likeness (QED) is 0.815. The number of aromatic nitrogens is 1. The molecule has 0 aromatic carbocycles. The molecule has 1 unspecified atom stereocenters. The molecule has 0 bridgehead atoms. The zero-order chi connectivity index (χ0) is 10.7. The smallest absolute Gasteiger partial charge is 0.270 e. The standard InChI is InChI=1S/C8H10ClFN2OS/c1-4-6(12-5(2)14-4)3-11-8(13)7(9)10/h7H,3H2,1-2H3,(H,11,13). The molecule has 78 valence electrons. The summed E-state index contributed by atoms with van der Waals surface area (Å²) in [6.45, 7) is 4.00. The molecule has 0 aliphatic rings. The molecule has 1 heterocycles. The molecule has 1 rings (SSSR count). The third-order valence-electron chi connectivity index (χ3n) is 1.63. The number of aryl methyl sites for hydroxylation is 2. The van der Waals surface area contributed by atoms with Crippen LogP contribution in [-0.4, -0.2) is 16.5 Å². The summed E-state index contributed by atoms with van der Waals surface area (Å²) >= 11 is 6.48. The second kappa shape index (κ2) is 4.70. The minimum absolute atomic E-state index is 0.224. The second-order valence-electron chi connectivity index (χ2n) is 2.75. The molecule has 1 aromatic heterocycles. The van der Waals surface area contributed by atoms with Gasteiger partial charge in [0.2, 0.25) is 0 Å². The highest BCUT2D eigenvalue weighted by atomic mass is 35.5. The Labute approximate surface area is 90.3 Å². The maximum absolute atomic E-state index is 12.2. The molecule has 0 saturated carbocycles. The predicted octanol–water partition coefficient (Wildman–Crippen LogP) is 1.91. The number of nitrogens with zero attached hydrogens (tertiary/aromatic N) is 1. The van der Waals surface area contributed by atoms with Crippen molar-refractivity contribution in [3.63, 3.8) is 0 Å². The first-order chi connectivity index (χ1) is 6.50. The third-order valence-corrected chi connectivity index (χ3v) is 2.75. The van der Waals surface area contributed by atoms with Crippen molar-refractivity contribution in [1.82, 2.24) is 10.3 Å². The van der Waals surface area contributed by atoms with Gasteiger partial charge >= 0.3 is 0 Å². The molecule has 1 N–H and O–H groups in total. The Hall–Kier alpha value is -0.680. The van der Waals surface area contributed by atoms with Crippen LogP contribution in [0, 0.1) is 13.8 Å².